The fourth-order valence-electron chi connectivity index (χ4n) is 2.73. The molecule has 7 heteroatoms. The van der Waals surface area contributed by atoms with Crippen molar-refractivity contribution >= 4 is 35.3 Å². The van der Waals surface area contributed by atoms with E-state index < -0.39 is 0 Å². The number of anilines is 1. The molecule has 31 heavy (non-hydrogen) atoms. The molecule has 158 valence electrons. The summed E-state index contributed by atoms with van der Waals surface area (Å²) < 4.78 is 5.54. The van der Waals surface area contributed by atoms with Crippen molar-refractivity contribution in [2.24, 2.45) is 5.10 Å². The molecule has 0 heterocycles. The Labute approximate surface area is 185 Å². The Morgan fingerprint density at radius 2 is 1.81 bits per heavy atom. The van der Waals surface area contributed by atoms with Crippen LogP contribution in [0.15, 0.2) is 71.8 Å². The summed E-state index contributed by atoms with van der Waals surface area (Å²) >= 11 is 6.25. The maximum Gasteiger partial charge on any atom is 0.271 e. The normalized spacial score (nSPS) is 10.7. The number of ether oxygens (including phenoxy) is 1. The molecule has 0 bridgehead atoms. The summed E-state index contributed by atoms with van der Waals surface area (Å²) in [4.78, 5) is 24.2. The van der Waals surface area contributed by atoms with Gasteiger partial charge in [0.1, 0.15) is 5.75 Å². The van der Waals surface area contributed by atoms with Crippen LogP contribution >= 0.6 is 11.6 Å². The van der Waals surface area contributed by atoms with Gasteiger partial charge in [0, 0.05) is 11.3 Å². The van der Waals surface area contributed by atoms with Gasteiger partial charge in [-0.05, 0) is 66.9 Å². The Morgan fingerprint density at radius 3 is 2.55 bits per heavy atom. The second-order valence-electron chi connectivity index (χ2n) is 6.91. The molecule has 2 amide bonds. The molecule has 0 spiro atoms. The zero-order valence-corrected chi connectivity index (χ0v) is 17.9. The van der Waals surface area contributed by atoms with E-state index in [1.54, 1.807) is 42.5 Å². The smallest absolute Gasteiger partial charge is 0.271 e. The standard InChI is InChI=1S/C24H22ClN3O3/c1-16-8-9-17(2)21(12-16)27-23(29)15-31-22-11-10-18(13-20(22)25)14-26-28-24(30)19-6-4-3-5-7-19/h3-14H,15H2,1-2H3,(H,27,29)(H,28,30)/b26-14+. The first kappa shape index (κ1) is 22.1. The van der Waals surface area contributed by atoms with Crippen LogP contribution in [0.5, 0.6) is 5.75 Å². The van der Waals surface area contributed by atoms with Crippen LogP contribution in [-0.2, 0) is 4.79 Å². The van der Waals surface area contributed by atoms with Crippen LogP contribution in [0, 0.1) is 13.8 Å². The van der Waals surface area contributed by atoms with E-state index in [0.717, 1.165) is 16.8 Å². The van der Waals surface area contributed by atoms with E-state index >= 15 is 0 Å². The van der Waals surface area contributed by atoms with E-state index in [4.69, 9.17) is 16.3 Å². The number of halogens is 1. The third-order valence-corrected chi connectivity index (χ3v) is 4.69. The molecule has 3 aromatic rings. The molecule has 0 unspecified atom stereocenters. The molecule has 0 fully saturated rings. The number of carbonyl (C=O) groups excluding carboxylic acids is 2. The number of nitrogens with zero attached hydrogens (tertiary/aromatic N) is 1. The van der Waals surface area contributed by atoms with E-state index in [0.29, 0.717) is 21.9 Å². The van der Waals surface area contributed by atoms with Gasteiger partial charge in [-0.2, -0.15) is 5.10 Å². The number of amides is 2. The van der Waals surface area contributed by atoms with E-state index in [1.165, 1.54) is 6.21 Å². The molecule has 0 aromatic heterocycles. The number of aryl methyl sites for hydroxylation is 2. The van der Waals surface area contributed by atoms with E-state index in [2.05, 4.69) is 15.8 Å². The number of carbonyl (C=O) groups is 2. The predicted molar refractivity (Wildman–Crippen MR) is 123 cm³/mol. The van der Waals surface area contributed by atoms with Crippen molar-refractivity contribution in [3.8, 4) is 5.75 Å². The second-order valence-corrected chi connectivity index (χ2v) is 7.32. The minimum absolute atomic E-state index is 0.173. The molecule has 0 radical (unpaired) electrons. The lowest BCUT2D eigenvalue weighted by Gasteiger charge is -2.11. The van der Waals surface area contributed by atoms with Crippen molar-refractivity contribution < 1.29 is 14.3 Å². The van der Waals surface area contributed by atoms with Crippen LogP contribution in [0.25, 0.3) is 0 Å². The maximum atomic E-state index is 12.2. The molecule has 0 saturated carbocycles. The quantitative estimate of drug-likeness (QED) is 0.415. The van der Waals surface area contributed by atoms with E-state index in [-0.39, 0.29) is 18.4 Å². The largest absolute Gasteiger partial charge is 0.482 e. The summed E-state index contributed by atoms with van der Waals surface area (Å²) in [5.74, 6) is -0.208. The van der Waals surface area contributed by atoms with Crippen molar-refractivity contribution in [1.29, 1.82) is 0 Å². The first-order valence-electron chi connectivity index (χ1n) is 9.60. The second kappa shape index (κ2) is 10.4. The average Bonchev–Trinajstić information content (AvgIpc) is 2.76. The van der Waals surface area contributed by atoms with Crippen LogP contribution in [0.2, 0.25) is 5.02 Å². The van der Waals surface area contributed by atoms with Crippen molar-refractivity contribution in [3.63, 3.8) is 0 Å². The highest BCUT2D eigenvalue weighted by molar-refractivity contribution is 6.32. The van der Waals surface area contributed by atoms with Gasteiger partial charge in [-0.3, -0.25) is 9.59 Å². The minimum atomic E-state index is -0.308. The Balaban J connectivity index is 1.53. The van der Waals surface area contributed by atoms with Crippen LogP contribution in [0.1, 0.15) is 27.0 Å². The number of nitrogens with one attached hydrogen (secondary N) is 2. The lowest BCUT2D eigenvalue weighted by Crippen LogP contribution is -2.20. The maximum absolute atomic E-state index is 12.2. The molecule has 6 nitrogen and oxygen atoms in total. The summed E-state index contributed by atoms with van der Waals surface area (Å²) in [6.45, 7) is 3.71. The number of benzene rings is 3. The van der Waals surface area contributed by atoms with Gasteiger partial charge < -0.3 is 10.1 Å². The molecule has 0 aliphatic carbocycles. The SMILES string of the molecule is Cc1ccc(C)c(NC(=O)COc2ccc(/C=N/NC(=O)c3ccccc3)cc2Cl)c1. The highest BCUT2D eigenvalue weighted by Gasteiger charge is 2.09. The van der Waals surface area contributed by atoms with Crippen LogP contribution in [-0.4, -0.2) is 24.6 Å². The first-order valence-corrected chi connectivity index (χ1v) is 9.98. The van der Waals surface area contributed by atoms with Gasteiger partial charge in [0.15, 0.2) is 6.61 Å². The fourth-order valence-corrected chi connectivity index (χ4v) is 2.98. The molecule has 3 aromatic carbocycles. The Bertz CT molecular complexity index is 1110. The van der Waals surface area contributed by atoms with Gasteiger partial charge in [-0.15, -0.1) is 0 Å². The molecular weight excluding hydrogens is 414 g/mol. The summed E-state index contributed by atoms with van der Waals surface area (Å²) in [5.41, 5.74) is 6.43. The van der Waals surface area contributed by atoms with Crippen LogP contribution in [0.4, 0.5) is 5.69 Å². The first-order chi connectivity index (χ1) is 14.9. The molecule has 0 aliphatic rings. The van der Waals surface area contributed by atoms with Gasteiger partial charge in [0.05, 0.1) is 11.2 Å². The molecule has 0 aliphatic heterocycles. The number of rotatable bonds is 7. The van der Waals surface area contributed by atoms with E-state index in [1.807, 2.05) is 38.1 Å². The van der Waals surface area contributed by atoms with Crippen LogP contribution in [0.3, 0.4) is 0 Å². The van der Waals surface area contributed by atoms with Crippen molar-refractivity contribution in [3.05, 3.63) is 94.0 Å². The molecular formula is C24H22ClN3O3. The zero-order valence-electron chi connectivity index (χ0n) is 17.2. The summed E-state index contributed by atoms with van der Waals surface area (Å²) in [6, 6.07) is 19.6. The molecule has 2 N–H and O–H groups in total. The van der Waals surface area contributed by atoms with Crippen LogP contribution < -0.4 is 15.5 Å². The van der Waals surface area contributed by atoms with Gasteiger partial charge in [0.25, 0.3) is 11.8 Å². The lowest BCUT2D eigenvalue weighted by molar-refractivity contribution is -0.118. The molecule has 0 saturated heterocycles. The van der Waals surface area contributed by atoms with Gasteiger partial charge in [-0.1, -0.05) is 41.9 Å². The Morgan fingerprint density at radius 1 is 1.03 bits per heavy atom. The summed E-state index contributed by atoms with van der Waals surface area (Å²) in [6.07, 6.45) is 1.48. The van der Waals surface area contributed by atoms with Gasteiger partial charge in [-0.25, -0.2) is 5.43 Å². The van der Waals surface area contributed by atoms with E-state index in [9.17, 15) is 9.59 Å². The fraction of sp³-hybridized carbons (Fsp3) is 0.125. The summed E-state index contributed by atoms with van der Waals surface area (Å²) in [5, 5.41) is 7.10. The number of hydrogen-bond acceptors (Lipinski definition) is 4. The minimum Gasteiger partial charge on any atom is -0.482 e. The number of hydrazone groups is 1. The third-order valence-electron chi connectivity index (χ3n) is 4.40. The van der Waals surface area contributed by atoms with Crippen molar-refractivity contribution in [1.82, 2.24) is 5.43 Å². The molecule has 3 rings (SSSR count). The Kier molecular flexibility index (Phi) is 7.40. The predicted octanol–water partition coefficient (Wildman–Crippen LogP) is 4.74. The topological polar surface area (TPSA) is 79.8 Å². The average molecular weight is 436 g/mol. The lowest BCUT2D eigenvalue weighted by atomic mass is 10.1. The third kappa shape index (κ3) is 6.42. The van der Waals surface area contributed by atoms with Gasteiger partial charge in [0.2, 0.25) is 0 Å². The van der Waals surface area contributed by atoms with Gasteiger partial charge >= 0.3 is 0 Å². The highest BCUT2D eigenvalue weighted by Crippen LogP contribution is 2.25. The number of hydrogen-bond donors (Lipinski definition) is 2. The Hall–Kier alpha value is -3.64. The van der Waals surface area contributed by atoms with Crippen molar-refractivity contribution in [2.45, 2.75) is 13.8 Å². The molecule has 0 atom stereocenters. The highest BCUT2D eigenvalue weighted by atomic mass is 35.5. The monoisotopic (exact) mass is 435 g/mol. The summed E-state index contributed by atoms with van der Waals surface area (Å²) in [7, 11) is 0. The van der Waals surface area contributed by atoms with Crippen molar-refractivity contribution in [2.75, 3.05) is 11.9 Å². The zero-order chi connectivity index (χ0) is 22.2.